The normalized spacial score (nSPS) is 42.0. The molecule has 2 aliphatic heterocycles. The summed E-state index contributed by atoms with van der Waals surface area (Å²) in [7, 11) is 0. The molecule has 2 heterocycles. The monoisotopic (exact) mass is 241 g/mol. The van der Waals surface area contributed by atoms with Crippen molar-refractivity contribution >= 4 is 12.6 Å². The van der Waals surface area contributed by atoms with E-state index in [1.54, 1.807) is 0 Å². The van der Waals surface area contributed by atoms with E-state index >= 15 is 0 Å². The summed E-state index contributed by atoms with van der Waals surface area (Å²) in [6.45, 7) is 1.25. The molecule has 16 heavy (non-hydrogen) atoms. The molecule has 2 bridgehead atoms. The Hall–Kier alpha value is 0.270. The SMILES string of the molecule is OC1CC2CCC(C1)N2CC1(CS)CCC1. The lowest BCUT2D eigenvalue weighted by atomic mass is 9.69. The Kier molecular flexibility index (Phi) is 2.97. The Bertz CT molecular complexity index is 247. The highest BCUT2D eigenvalue weighted by Crippen LogP contribution is 2.46. The average molecular weight is 241 g/mol. The Morgan fingerprint density at radius 3 is 2.25 bits per heavy atom. The fourth-order valence-corrected chi connectivity index (χ4v) is 4.35. The van der Waals surface area contributed by atoms with Crippen LogP contribution in [0.15, 0.2) is 0 Å². The number of piperidine rings is 1. The Balaban J connectivity index is 1.67. The second-order valence-electron chi connectivity index (χ2n) is 6.19. The van der Waals surface area contributed by atoms with Gasteiger partial charge in [-0.2, -0.15) is 12.6 Å². The number of aliphatic hydroxyl groups is 1. The third kappa shape index (κ3) is 1.81. The molecule has 2 saturated heterocycles. The number of aliphatic hydroxyl groups excluding tert-OH is 1. The molecule has 3 fully saturated rings. The van der Waals surface area contributed by atoms with E-state index in [0.29, 0.717) is 17.5 Å². The third-order valence-electron chi connectivity index (χ3n) is 5.13. The van der Waals surface area contributed by atoms with Gasteiger partial charge in [0.05, 0.1) is 6.10 Å². The molecule has 0 amide bonds. The second kappa shape index (κ2) is 4.18. The van der Waals surface area contributed by atoms with Crippen LogP contribution in [0.1, 0.15) is 44.9 Å². The van der Waals surface area contributed by atoms with E-state index in [0.717, 1.165) is 18.6 Å². The van der Waals surface area contributed by atoms with Crippen LogP contribution in [-0.2, 0) is 0 Å². The Morgan fingerprint density at radius 1 is 1.19 bits per heavy atom. The van der Waals surface area contributed by atoms with Crippen molar-refractivity contribution < 1.29 is 5.11 Å². The van der Waals surface area contributed by atoms with Crippen LogP contribution in [0.25, 0.3) is 0 Å². The smallest absolute Gasteiger partial charge is 0.0570 e. The molecule has 0 spiro atoms. The van der Waals surface area contributed by atoms with Gasteiger partial charge in [0.2, 0.25) is 0 Å². The van der Waals surface area contributed by atoms with Crippen LogP contribution in [0.2, 0.25) is 0 Å². The molecule has 0 aromatic carbocycles. The van der Waals surface area contributed by atoms with E-state index in [-0.39, 0.29) is 6.10 Å². The van der Waals surface area contributed by atoms with E-state index in [1.165, 1.54) is 38.6 Å². The van der Waals surface area contributed by atoms with Crippen LogP contribution in [0.4, 0.5) is 0 Å². The van der Waals surface area contributed by atoms with E-state index in [4.69, 9.17) is 0 Å². The molecule has 1 aliphatic carbocycles. The first-order chi connectivity index (χ1) is 7.72. The molecule has 3 heteroatoms. The summed E-state index contributed by atoms with van der Waals surface area (Å²) < 4.78 is 0. The van der Waals surface area contributed by atoms with Gasteiger partial charge in [-0.3, -0.25) is 4.90 Å². The lowest BCUT2D eigenvalue weighted by molar-refractivity contribution is -0.00474. The van der Waals surface area contributed by atoms with Crippen molar-refractivity contribution in [2.75, 3.05) is 12.3 Å². The molecule has 0 aromatic rings. The molecule has 2 nitrogen and oxygen atoms in total. The predicted molar refractivity (Wildman–Crippen MR) is 68.9 cm³/mol. The standard InChI is InChI=1S/C13H23NOS/c15-12-6-10-2-3-11(7-12)14(10)8-13(9-16)4-1-5-13/h10-12,15-16H,1-9H2. The Labute approximate surface area is 104 Å². The van der Waals surface area contributed by atoms with Crippen LogP contribution in [0.3, 0.4) is 0 Å². The quantitative estimate of drug-likeness (QED) is 0.739. The topological polar surface area (TPSA) is 23.5 Å². The van der Waals surface area contributed by atoms with Gasteiger partial charge in [-0.25, -0.2) is 0 Å². The summed E-state index contributed by atoms with van der Waals surface area (Å²) in [6, 6.07) is 1.34. The minimum absolute atomic E-state index is 0.0258. The van der Waals surface area contributed by atoms with Crippen molar-refractivity contribution in [2.45, 2.75) is 63.1 Å². The third-order valence-corrected chi connectivity index (χ3v) is 5.80. The van der Waals surface area contributed by atoms with Crippen molar-refractivity contribution in [3.05, 3.63) is 0 Å². The molecule has 0 aromatic heterocycles. The summed E-state index contributed by atoms with van der Waals surface area (Å²) in [5, 5.41) is 9.79. The predicted octanol–water partition coefficient (Wildman–Crippen LogP) is 2.07. The maximum Gasteiger partial charge on any atom is 0.0570 e. The number of fused-ring (bicyclic) bond motifs is 2. The van der Waals surface area contributed by atoms with Crippen molar-refractivity contribution in [3.63, 3.8) is 0 Å². The zero-order valence-corrected chi connectivity index (χ0v) is 10.8. The van der Waals surface area contributed by atoms with Gasteiger partial charge >= 0.3 is 0 Å². The highest BCUT2D eigenvalue weighted by atomic mass is 32.1. The fraction of sp³-hybridized carbons (Fsp3) is 1.00. The number of hydrogen-bond acceptors (Lipinski definition) is 3. The number of thiol groups is 1. The average Bonchev–Trinajstić information content (AvgIpc) is 2.45. The summed E-state index contributed by atoms with van der Waals surface area (Å²) in [5.74, 6) is 1.05. The van der Waals surface area contributed by atoms with Crippen molar-refractivity contribution in [1.29, 1.82) is 0 Å². The summed E-state index contributed by atoms with van der Waals surface area (Å²) in [5.41, 5.74) is 0.520. The molecule has 2 unspecified atom stereocenters. The zero-order valence-electron chi connectivity index (χ0n) is 9.94. The van der Waals surface area contributed by atoms with Gasteiger partial charge in [0.1, 0.15) is 0 Å². The molecule has 3 aliphatic rings. The highest BCUT2D eigenvalue weighted by Gasteiger charge is 2.45. The van der Waals surface area contributed by atoms with Gasteiger partial charge in [0.15, 0.2) is 0 Å². The van der Waals surface area contributed by atoms with Crippen LogP contribution < -0.4 is 0 Å². The summed E-state index contributed by atoms with van der Waals surface area (Å²) in [4.78, 5) is 2.71. The van der Waals surface area contributed by atoms with Gasteiger partial charge in [-0.1, -0.05) is 6.42 Å². The lowest BCUT2D eigenvalue weighted by Gasteiger charge is -2.48. The van der Waals surface area contributed by atoms with Crippen LogP contribution >= 0.6 is 12.6 Å². The lowest BCUT2D eigenvalue weighted by Crippen LogP contribution is -2.52. The first-order valence-electron chi connectivity index (χ1n) is 6.77. The molecule has 0 radical (unpaired) electrons. The number of nitrogens with zero attached hydrogens (tertiary/aromatic N) is 1. The maximum absolute atomic E-state index is 9.79. The summed E-state index contributed by atoms with van der Waals surface area (Å²) in [6.07, 6.45) is 8.76. The number of rotatable bonds is 3. The minimum Gasteiger partial charge on any atom is -0.393 e. The minimum atomic E-state index is -0.0258. The van der Waals surface area contributed by atoms with Crippen LogP contribution in [0, 0.1) is 5.41 Å². The van der Waals surface area contributed by atoms with Gasteiger partial charge in [0, 0.05) is 18.6 Å². The first kappa shape index (κ1) is 11.4. The fourth-order valence-electron chi connectivity index (χ4n) is 3.93. The van der Waals surface area contributed by atoms with Crippen LogP contribution in [-0.4, -0.2) is 40.5 Å². The maximum atomic E-state index is 9.79. The van der Waals surface area contributed by atoms with Gasteiger partial charge in [0.25, 0.3) is 0 Å². The van der Waals surface area contributed by atoms with Gasteiger partial charge in [-0.15, -0.1) is 0 Å². The zero-order chi connectivity index (χ0) is 11.2. The van der Waals surface area contributed by atoms with Gasteiger partial charge < -0.3 is 5.11 Å². The summed E-state index contributed by atoms with van der Waals surface area (Å²) >= 11 is 4.55. The highest BCUT2D eigenvalue weighted by molar-refractivity contribution is 7.80. The molecule has 1 N–H and O–H groups in total. The van der Waals surface area contributed by atoms with Crippen molar-refractivity contribution in [3.8, 4) is 0 Å². The van der Waals surface area contributed by atoms with Crippen molar-refractivity contribution in [2.24, 2.45) is 5.41 Å². The van der Waals surface area contributed by atoms with E-state index in [2.05, 4.69) is 17.5 Å². The van der Waals surface area contributed by atoms with E-state index in [1.807, 2.05) is 0 Å². The van der Waals surface area contributed by atoms with E-state index < -0.39 is 0 Å². The largest absolute Gasteiger partial charge is 0.393 e. The van der Waals surface area contributed by atoms with Crippen molar-refractivity contribution in [1.82, 2.24) is 4.90 Å². The van der Waals surface area contributed by atoms with Crippen LogP contribution in [0.5, 0.6) is 0 Å². The number of hydrogen-bond donors (Lipinski definition) is 2. The Morgan fingerprint density at radius 2 is 1.81 bits per heavy atom. The molecule has 1 saturated carbocycles. The second-order valence-corrected chi connectivity index (χ2v) is 6.51. The molecule has 2 atom stereocenters. The van der Waals surface area contributed by atoms with Gasteiger partial charge in [-0.05, 0) is 49.7 Å². The van der Waals surface area contributed by atoms with E-state index in [9.17, 15) is 5.11 Å². The first-order valence-corrected chi connectivity index (χ1v) is 7.40. The molecular weight excluding hydrogens is 218 g/mol. The molecule has 92 valence electrons. The molecule has 3 rings (SSSR count). The molecular formula is C13H23NOS.